The van der Waals surface area contributed by atoms with Crippen LogP contribution in [0.2, 0.25) is 0 Å². The van der Waals surface area contributed by atoms with Gasteiger partial charge in [0.1, 0.15) is 11.6 Å². The molecule has 88 valence electrons. The highest BCUT2D eigenvalue weighted by atomic mass is 127. The van der Waals surface area contributed by atoms with E-state index in [2.05, 4.69) is 44.8 Å². The molecular weight excluding hydrogens is 353 g/mol. The lowest BCUT2D eigenvalue weighted by atomic mass is 10.3. The zero-order valence-corrected chi connectivity index (χ0v) is 13.1. The van der Waals surface area contributed by atoms with Gasteiger partial charge in [0.05, 0.1) is 14.5 Å². The largest absolute Gasteiger partial charge is 0.372 e. The molecule has 1 aromatic rings. The maximum Gasteiger partial charge on any atom is 0.144 e. The van der Waals surface area contributed by atoms with E-state index in [0.29, 0.717) is 5.25 Å². The second kappa shape index (κ2) is 5.77. The van der Waals surface area contributed by atoms with Gasteiger partial charge < -0.3 is 5.32 Å². The number of nitrogens with zero attached hydrogens (tertiary/aromatic N) is 2. The van der Waals surface area contributed by atoms with Gasteiger partial charge in [0.15, 0.2) is 0 Å². The number of aromatic nitrogens is 2. The molecule has 16 heavy (non-hydrogen) atoms. The number of rotatable bonds is 2. The van der Waals surface area contributed by atoms with E-state index < -0.39 is 0 Å². The van der Waals surface area contributed by atoms with Crippen LogP contribution in [0.25, 0.3) is 0 Å². The smallest absolute Gasteiger partial charge is 0.144 e. The summed E-state index contributed by atoms with van der Waals surface area (Å²) in [4.78, 5) is 9.22. The molecule has 1 N–H and O–H groups in total. The Hall–Kier alpha value is 0.310. The number of hydrogen-bond donors (Lipinski definition) is 1. The van der Waals surface area contributed by atoms with Gasteiger partial charge >= 0.3 is 0 Å². The van der Waals surface area contributed by atoms with Gasteiger partial charge in [-0.15, -0.1) is 11.8 Å². The summed E-state index contributed by atoms with van der Waals surface area (Å²) < 4.78 is 1.12. The zero-order valence-electron chi connectivity index (χ0n) is 9.29. The van der Waals surface area contributed by atoms with Crippen LogP contribution in [-0.4, -0.2) is 34.3 Å². The SMILES string of the molecule is CNc1nc(C2CSCCS2)nc(C)c1I. The Morgan fingerprint density at radius 2 is 2.19 bits per heavy atom. The van der Waals surface area contributed by atoms with Gasteiger partial charge in [-0.3, -0.25) is 0 Å². The molecule has 1 aromatic heterocycles. The molecule has 1 aliphatic rings. The van der Waals surface area contributed by atoms with Crippen molar-refractivity contribution in [2.75, 3.05) is 29.6 Å². The summed E-state index contributed by atoms with van der Waals surface area (Å²) in [6.45, 7) is 2.05. The average Bonchev–Trinajstić information content (AvgIpc) is 2.33. The number of anilines is 1. The third kappa shape index (κ3) is 2.76. The number of halogens is 1. The molecule has 0 aliphatic carbocycles. The molecule has 1 aliphatic heterocycles. The van der Waals surface area contributed by atoms with E-state index in [1.165, 1.54) is 11.5 Å². The van der Waals surface area contributed by atoms with Crippen molar-refractivity contribution in [1.29, 1.82) is 0 Å². The summed E-state index contributed by atoms with van der Waals surface area (Å²) in [7, 11) is 1.91. The minimum Gasteiger partial charge on any atom is -0.372 e. The van der Waals surface area contributed by atoms with Crippen LogP contribution >= 0.6 is 46.1 Å². The number of thioether (sulfide) groups is 2. The summed E-state index contributed by atoms with van der Waals surface area (Å²) in [5.74, 6) is 5.54. The lowest BCUT2D eigenvalue weighted by Crippen LogP contribution is -2.13. The second-order valence-corrected chi connectivity index (χ2v) is 7.05. The molecule has 0 saturated carbocycles. The van der Waals surface area contributed by atoms with Crippen LogP contribution in [0.15, 0.2) is 0 Å². The van der Waals surface area contributed by atoms with E-state index in [0.717, 1.165) is 26.7 Å². The van der Waals surface area contributed by atoms with Crippen molar-refractivity contribution in [3.63, 3.8) is 0 Å². The van der Waals surface area contributed by atoms with Crippen LogP contribution in [-0.2, 0) is 0 Å². The van der Waals surface area contributed by atoms with Crippen LogP contribution in [0.5, 0.6) is 0 Å². The number of nitrogens with one attached hydrogen (secondary N) is 1. The maximum absolute atomic E-state index is 4.61. The predicted molar refractivity (Wildman–Crippen MR) is 81.6 cm³/mol. The minimum absolute atomic E-state index is 0.460. The molecule has 1 unspecified atom stereocenters. The minimum atomic E-state index is 0.460. The number of hydrogen-bond acceptors (Lipinski definition) is 5. The Bertz CT molecular complexity index is 381. The summed E-state index contributed by atoms with van der Waals surface area (Å²) in [5.41, 5.74) is 1.08. The fourth-order valence-electron chi connectivity index (χ4n) is 1.53. The highest BCUT2D eigenvalue weighted by molar-refractivity contribution is 14.1. The Kier molecular flexibility index (Phi) is 4.60. The van der Waals surface area contributed by atoms with Crippen molar-refractivity contribution in [1.82, 2.24) is 9.97 Å². The van der Waals surface area contributed by atoms with Gasteiger partial charge in [0.25, 0.3) is 0 Å². The molecule has 2 heterocycles. The first-order valence-corrected chi connectivity index (χ1v) is 8.41. The summed E-state index contributed by atoms with van der Waals surface area (Å²) in [5, 5.41) is 3.60. The Balaban J connectivity index is 2.29. The van der Waals surface area contributed by atoms with Gasteiger partial charge in [-0.05, 0) is 29.5 Å². The van der Waals surface area contributed by atoms with Crippen molar-refractivity contribution in [3.05, 3.63) is 15.1 Å². The van der Waals surface area contributed by atoms with Gasteiger partial charge in [-0.25, -0.2) is 9.97 Å². The lowest BCUT2D eigenvalue weighted by Gasteiger charge is -2.20. The average molecular weight is 367 g/mol. The molecule has 2 rings (SSSR count). The predicted octanol–water partition coefficient (Wildman–Crippen LogP) is 2.95. The fraction of sp³-hybridized carbons (Fsp3) is 0.600. The quantitative estimate of drug-likeness (QED) is 0.814. The number of aryl methyl sites for hydroxylation is 1. The zero-order chi connectivity index (χ0) is 11.5. The van der Waals surface area contributed by atoms with E-state index in [1.54, 1.807) is 0 Å². The van der Waals surface area contributed by atoms with E-state index >= 15 is 0 Å². The highest BCUT2D eigenvalue weighted by Crippen LogP contribution is 2.36. The second-order valence-electron chi connectivity index (χ2n) is 3.51. The van der Waals surface area contributed by atoms with Crippen LogP contribution in [0.4, 0.5) is 5.82 Å². The summed E-state index contributed by atoms with van der Waals surface area (Å²) in [6.07, 6.45) is 0. The van der Waals surface area contributed by atoms with Crippen molar-refractivity contribution in [3.8, 4) is 0 Å². The van der Waals surface area contributed by atoms with Crippen molar-refractivity contribution < 1.29 is 0 Å². The standard InChI is InChI=1S/C10H14IN3S2/c1-6-8(11)10(12-2)14-9(13-6)7-5-15-3-4-16-7/h7H,3-5H2,1-2H3,(H,12,13,14). The van der Waals surface area contributed by atoms with Crippen LogP contribution in [0, 0.1) is 10.5 Å². The Morgan fingerprint density at radius 3 is 2.81 bits per heavy atom. The van der Waals surface area contributed by atoms with Crippen molar-refractivity contribution >= 4 is 51.9 Å². The van der Waals surface area contributed by atoms with E-state index in [4.69, 9.17) is 0 Å². The van der Waals surface area contributed by atoms with Crippen LogP contribution < -0.4 is 5.32 Å². The van der Waals surface area contributed by atoms with E-state index in [-0.39, 0.29) is 0 Å². The molecule has 0 spiro atoms. The van der Waals surface area contributed by atoms with Gasteiger partial charge in [0, 0.05) is 24.3 Å². The Morgan fingerprint density at radius 1 is 1.38 bits per heavy atom. The van der Waals surface area contributed by atoms with Crippen molar-refractivity contribution in [2.45, 2.75) is 12.2 Å². The van der Waals surface area contributed by atoms with E-state index in [1.807, 2.05) is 30.6 Å². The fourth-order valence-corrected chi connectivity index (χ4v) is 4.64. The summed E-state index contributed by atoms with van der Waals surface area (Å²) >= 11 is 6.27. The molecule has 3 nitrogen and oxygen atoms in total. The van der Waals surface area contributed by atoms with Gasteiger partial charge in [-0.2, -0.15) is 11.8 Å². The normalized spacial score (nSPS) is 20.8. The topological polar surface area (TPSA) is 37.8 Å². The lowest BCUT2D eigenvalue weighted by molar-refractivity contribution is 0.899. The first kappa shape index (κ1) is 12.8. The Labute approximate surface area is 118 Å². The molecular formula is C10H14IN3S2. The molecule has 0 bridgehead atoms. The third-order valence-corrected chi connectivity index (χ3v) is 6.42. The molecule has 0 amide bonds. The third-order valence-electron chi connectivity index (χ3n) is 2.37. The monoisotopic (exact) mass is 367 g/mol. The highest BCUT2D eigenvalue weighted by Gasteiger charge is 2.21. The molecule has 1 atom stereocenters. The summed E-state index contributed by atoms with van der Waals surface area (Å²) in [6, 6.07) is 0. The maximum atomic E-state index is 4.61. The van der Waals surface area contributed by atoms with Crippen LogP contribution in [0.1, 0.15) is 16.8 Å². The molecule has 6 heteroatoms. The van der Waals surface area contributed by atoms with E-state index in [9.17, 15) is 0 Å². The molecule has 1 saturated heterocycles. The first-order chi connectivity index (χ1) is 7.72. The first-order valence-electron chi connectivity index (χ1n) is 5.13. The molecule has 0 aromatic carbocycles. The van der Waals surface area contributed by atoms with Gasteiger partial charge in [0.2, 0.25) is 0 Å². The van der Waals surface area contributed by atoms with Crippen LogP contribution in [0.3, 0.4) is 0 Å². The van der Waals surface area contributed by atoms with Gasteiger partial charge in [-0.1, -0.05) is 0 Å². The molecule has 1 fully saturated rings. The van der Waals surface area contributed by atoms with Crippen molar-refractivity contribution in [2.24, 2.45) is 0 Å². The molecule has 0 radical (unpaired) electrons.